The van der Waals surface area contributed by atoms with Crippen LogP contribution in [0.2, 0.25) is 0 Å². The van der Waals surface area contributed by atoms with Gasteiger partial charge in [-0.1, -0.05) is 30.3 Å². The minimum absolute atomic E-state index is 0. The number of amides is 1. The lowest BCUT2D eigenvalue weighted by Gasteiger charge is -2.33. The number of piperazine rings is 1. The van der Waals surface area contributed by atoms with Gasteiger partial charge in [-0.25, -0.2) is 4.98 Å². The van der Waals surface area contributed by atoms with Gasteiger partial charge in [0.25, 0.3) is 5.91 Å². The number of pyridine rings is 1. The van der Waals surface area contributed by atoms with Crippen LogP contribution in [-0.4, -0.2) is 59.2 Å². The second kappa shape index (κ2) is 11.2. The molecule has 0 bridgehead atoms. The number of fused-ring (bicyclic) bond motifs is 2. The maximum absolute atomic E-state index is 12.4. The van der Waals surface area contributed by atoms with Crippen LogP contribution in [0.5, 0.6) is 0 Å². The third kappa shape index (κ3) is 5.39. The van der Waals surface area contributed by atoms with Crippen LogP contribution in [0, 0.1) is 0 Å². The number of anilines is 2. The maximum Gasteiger partial charge on any atom is 0.256 e. The van der Waals surface area contributed by atoms with E-state index in [0.717, 1.165) is 71.0 Å². The van der Waals surface area contributed by atoms with Crippen molar-refractivity contribution in [3.8, 4) is 0 Å². The number of rotatable bonds is 4. The Morgan fingerprint density at radius 1 is 0.919 bits per heavy atom. The number of aromatic nitrogens is 3. The summed E-state index contributed by atoms with van der Waals surface area (Å²) in [4.78, 5) is 21.8. The molecule has 0 radical (unpaired) electrons. The van der Waals surface area contributed by atoms with Crippen LogP contribution in [-0.2, 0) is 4.79 Å². The van der Waals surface area contributed by atoms with Gasteiger partial charge in [0.15, 0.2) is 0 Å². The predicted octanol–water partition coefficient (Wildman–Crippen LogP) is 5.22. The minimum Gasteiger partial charge on any atom is -0.354 e. The Labute approximate surface area is 228 Å². The molecule has 7 nitrogen and oxygen atoms in total. The molecule has 0 unspecified atom stereocenters. The van der Waals surface area contributed by atoms with Crippen molar-refractivity contribution in [2.75, 3.05) is 43.4 Å². The summed E-state index contributed by atoms with van der Waals surface area (Å²) in [6.07, 6.45) is 7.87. The van der Waals surface area contributed by atoms with E-state index in [1.54, 1.807) is 0 Å². The van der Waals surface area contributed by atoms with E-state index in [1.807, 2.05) is 66.9 Å². The minimum atomic E-state index is -0.0771. The number of para-hydroxylation sites is 1. The summed E-state index contributed by atoms with van der Waals surface area (Å²) in [7, 11) is 2.16. The van der Waals surface area contributed by atoms with Gasteiger partial charge in [-0.15, -0.1) is 24.8 Å². The lowest BCUT2D eigenvalue weighted by Crippen LogP contribution is -2.44. The van der Waals surface area contributed by atoms with Crippen molar-refractivity contribution in [2.45, 2.75) is 0 Å². The van der Waals surface area contributed by atoms with E-state index < -0.39 is 0 Å². The highest BCUT2D eigenvalue weighted by Crippen LogP contribution is 2.33. The summed E-state index contributed by atoms with van der Waals surface area (Å²) < 4.78 is 0. The van der Waals surface area contributed by atoms with Gasteiger partial charge < -0.3 is 15.1 Å². The summed E-state index contributed by atoms with van der Waals surface area (Å²) in [5.41, 5.74) is 6.23. The average molecular weight is 535 g/mol. The maximum atomic E-state index is 12.4. The second-order valence-electron chi connectivity index (χ2n) is 9.04. The molecule has 2 aromatic heterocycles. The van der Waals surface area contributed by atoms with Crippen LogP contribution in [0.25, 0.3) is 34.7 Å². The number of halogens is 2. The molecule has 4 aromatic rings. The van der Waals surface area contributed by atoms with Crippen LogP contribution in [0.15, 0.2) is 60.8 Å². The molecule has 2 aliphatic heterocycles. The molecule has 1 fully saturated rings. The Balaban J connectivity index is 0.00000160. The zero-order chi connectivity index (χ0) is 23.8. The lowest BCUT2D eigenvalue weighted by molar-refractivity contribution is -0.110. The summed E-state index contributed by atoms with van der Waals surface area (Å²) in [5, 5.41) is 11.6. The standard InChI is InChI=1S/C28H26N6O.2ClH/c1-33-12-14-34(15-13-33)27-11-8-19(18-29-27)7-10-25-22-9-6-20(17-26(22)32-31-25)16-23-21-4-2-3-5-24(21)30-28(23)35;;/h2-11,16-18H,12-15H2,1H3,(H,30,35)(H,31,32);2*1H/b10-7+,23-16-;;. The van der Waals surface area contributed by atoms with Crippen LogP contribution < -0.4 is 10.2 Å². The molecule has 0 aliphatic carbocycles. The number of carbonyl (C=O) groups excluding carboxylic acids is 1. The number of benzene rings is 2. The summed E-state index contributed by atoms with van der Waals surface area (Å²) in [5.74, 6) is 0.951. The monoisotopic (exact) mass is 534 g/mol. The number of hydrogen-bond acceptors (Lipinski definition) is 5. The van der Waals surface area contributed by atoms with E-state index in [-0.39, 0.29) is 30.7 Å². The first-order chi connectivity index (χ1) is 17.1. The smallest absolute Gasteiger partial charge is 0.256 e. The average Bonchev–Trinajstić information content (AvgIpc) is 3.43. The lowest BCUT2D eigenvalue weighted by atomic mass is 10.0. The van der Waals surface area contributed by atoms with Crippen LogP contribution in [0.3, 0.4) is 0 Å². The first-order valence-electron chi connectivity index (χ1n) is 11.8. The third-order valence-electron chi connectivity index (χ3n) is 6.67. The van der Waals surface area contributed by atoms with Gasteiger partial charge in [0.05, 0.1) is 11.2 Å². The highest BCUT2D eigenvalue weighted by atomic mass is 35.5. The Hall–Kier alpha value is -3.65. The topological polar surface area (TPSA) is 77.1 Å². The summed E-state index contributed by atoms with van der Waals surface area (Å²) >= 11 is 0. The SMILES string of the molecule is CN1CCN(c2ccc(/C=C/c3n[nH]c4cc(/C=C5\C(=O)Nc6ccccc65)ccc34)cn2)CC1.Cl.Cl. The molecule has 9 heteroatoms. The molecule has 1 amide bonds. The fraction of sp³-hybridized carbons (Fsp3) is 0.179. The molecule has 37 heavy (non-hydrogen) atoms. The second-order valence-corrected chi connectivity index (χ2v) is 9.04. The summed E-state index contributed by atoms with van der Waals surface area (Å²) in [6.45, 7) is 4.14. The quantitative estimate of drug-likeness (QED) is 0.351. The molecule has 2 aromatic carbocycles. The zero-order valence-corrected chi connectivity index (χ0v) is 22.0. The molecule has 0 saturated carbocycles. The Kier molecular flexibility index (Phi) is 7.97. The van der Waals surface area contributed by atoms with Crippen molar-refractivity contribution in [1.82, 2.24) is 20.1 Å². The molecule has 190 valence electrons. The highest BCUT2D eigenvalue weighted by molar-refractivity contribution is 6.34. The first-order valence-corrected chi connectivity index (χ1v) is 11.8. The van der Waals surface area contributed by atoms with Crippen LogP contribution >= 0.6 is 24.8 Å². The zero-order valence-electron chi connectivity index (χ0n) is 20.3. The van der Waals surface area contributed by atoms with Gasteiger partial charge in [0.2, 0.25) is 0 Å². The van der Waals surface area contributed by atoms with E-state index in [9.17, 15) is 4.79 Å². The van der Waals surface area contributed by atoms with E-state index in [1.165, 1.54) is 0 Å². The molecule has 0 atom stereocenters. The van der Waals surface area contributed by atoms with Crippen molar-refractivity contribution in [1.29, 1.82) is 0 Å². The molecule has 0 spiro atoms. The van der Waals surface area contributed by atoms with Crippen molar-refractivity contribution in [3.05, 3.63) is 83.2 Å². The van der Waals surface area contributed by atoms with E-state index >= 15 is 0 Å². The van der Waals surface area contributed by atoms with Crippen LogP contribution in [0.4, 0.5) is 11.5 Å². The summed E-state index contributed by atoms with van der Waals surface area (Å²) in [6, 6.07) is 18.0. The Morgan fingerprint density at radius 3 is 2.49 bits per heavy atom. The van der Waals surface area contributed by atoms with E-state index in [0.29, 0.717) is 5.57 Å². The Morgan fingerprint density at radius 2 is 1.70 bits per heavy atom. The third-order valence-corrected chi connectivity index (χ3v) is 6.67. The predicted molar refractivity (Wildman–Crippen MR) is 156 cm³/mol. The van der Waals surface area contributed by atoms with Gasteiger partial charge in [-0.3, -0.25) is 9.89 Å². The fourth-order valence-electron chi connectivity index (χ4n) is 4.62. The molecular formula is C28H28Cl2N6O. The van der Waals surface area contributed by atoms with Crippen molar-refractivity contribution < 1.29 is 4.79 Å². The van der Waals surface area contributed by atoms with Gasteiger partial charge in [-0.05, 0) is 60.7 Å². The fourth-order valence-corrected chi connectivity index (χ4v) is 4.62. The van der Waals surface area contributed by atoms with Gasteiger partial charge in [-0.2, -0.15) is 5.10 Å². The largest absolute Gasteiger partial charge is 0.354 e. The van der Waals surface area contributed by atoms with Crippen molar-refractivity contribution in [3.63, 3.8) is 0 Å². The highest BCUT2D eigenvalue weighted by Gasteiger charge is 2.23. The van der Waals surface area contributed by atoms with E-state index in [4.69, 9.17) is 0 Å². The van der Waals surface area contributed by atoms with Crippen molar-refractivity contribution >= 4 is 76.9 Å². The molecular weight excluding hydrogens is 507 g/mol. The number of nitrogens with zero attached hydrogens (tertiary/aromatic N) is 4. The molecule has 6 rings (SSSR count). The number of H-pyrrole nitrogens is 1. The number of carbonyl (C=O) groups is 1. The molecule has 4 heterocycles. The molecule has 2 aliphatic rings. The number of aromatic amines is 1. The number of nitrogens with one attached hydrogen (secondary N) is 2. The molecule has 2 N–H and O–H groups in total. The van der Waals surface area contributed by atoms with Gasteiger partial charge >= 0.3 is 0 Å². The number of hydrogen-bond donors (Lipinski definition) is 2. The Bertz CT molecular complexity index is 1470. The van der Waals surface area contributed by atoms with Gasteiger partial charge in [0, 0.05) is 54.6 Å². The normalized spacial score (nSPS) is 16.5. The van der Waals surface area contributed by atoms with E-state index in [2.05, 4.69) is 49.5 Å². The number of likely N-dealkylation sites (N-methyl/N-ethyl adjacent to an activating group) is 1. The van der Waals surface area contributed by atoms with Gasteiger partial charge in [0.1, 0.15) is 5.82 Å². The van der Waals surface area contributed by atoms with Crippen LogP contribution in [0.1, 0.15) is 22.4 Å². The first kappa shape index (κ1) is 26.4. The molecule has 1 saturated heterocycles. The van der Waals surface area contributed by atoms with Crippen molar-refractivity contribution in [2.24, 2.45) is 0 Å².